The SMILES string of the molecule is CC(C)CCOc1nccc(/C(N)=N/O)n1. The van der Waals surface area contributed by atoms with E-state index < -0.39 is 0 Å². The van der Waals surface area contributed by atoms with Crippen molar-refractivity contribution in [3.8, 4) is 6.01 Å². The molecule has 0 aliphatic rings. The smallest absolute Gasteiger partial charge is 0.317 e. The van der Waals surface area contributed by atoms with Crippen molar-refractivity contribution in [1.82, 2.24) is 9.97 Å². The van der Waals surface area contributed by atoms with E-state index in [0.29, 0.717) is 18.2 Å². The third kappa shape index (κ3) is 3.72. The van der Waals surface area contributed by atoms with E-state index in [1.807, 2.05) is 0 Å². The Bertz CT molecular complexity index is 366. The minimum Gasteiger partial charge on any atom is -0.463 e. The summed E-state index contributed by atoms with van der Waals surface area (Å²) < 4.78 is 5.34. The van der Waals surface area contributed by atoms with Crippen LogP contribution in [0.15, 0.2) is 17.4 Å². The first kappa shape index (κ1) is 12.2. The first-order valence-corrected chi connectivity index (χ1v) is 5.07. The van der Waals surface area contributed by atoms with Crippen molar-refractivity contribution in [2.75, 3.05) is 6.61 Å². The van der Waals surface area contributed by atoms with Crippen molar-refractivity contribution in [2.24, 2.45) is 16.8 Å². The van der Waals surface area contributed by atoms with Crippen LogP contribution in [0.4, 0.5) is 0 Å². The van der Waals surface area contributed by atoms with E-state index in [1.165, 1.54) is 6.20 Å². The Hall–Kier alpha value is -1.85. The van der Waals surface area contributed by atoms with Crippen LogP contribution in [0.5, 0.6) is 6.01 Å². The summed E-state index contributed by atoms with van der Waals surface area (Å²) in [5.74, 6) is 0.503. The summed E-state index contributed by atoms with van der Waals surface area (Å²) in [6.45, 7) is 4.77. The van der Waals surface area contributed by atoms with Gasteiger partial charge in [-0.15, -0.1) is 0 Å². The number of nitrogens with two attached hydrogens (primary N) is 1. The molecule has 6 nitrogen and oxygen atoms in total. The molecule has 88 valence electrons. The van der Waals surface area contributed by atoms with Gasteiger partial charge in [0.25, 0.3) is 0 Å². The molecule has 0 saturated carbocycles. The molecule has 0 aromatic carbocycles. The molecule has 0 fully saturated rings. The Balaban J connectivity index is 2.61. The molecular weight excluding hydrogens is 208 g/mol. The van der Waals surface area contributed by atoms with Gasteiger partial charge in [0.1, 0.15) is 5.69 Å². The van der Waals surface area contributed by atoms with Crippen LogP contribution in [0, 0.1) is 5.92 Å². The second kappa shape index (κ2) is 5.89. The van der Waals surface area contributed by atoms with E-state index in [0.717, 1.165) is 6.42 Å². The summed E-state index contributed by atoms with van der Waals surface area (Å²) in [5, 5.41) is 11.3. The van der Waals surface area contributed by atoms with Crippen LogP contribution in [0.25, 0.3) is 0 Å². The fraction of sp³-hybridized carbons (Fsp3) is 0.500. The lowest BCUT2D eigenvalue weighted by atomic mass is 10.1. The Morgan fingerprint density at radius 2 is 2.38 bits per heavy atom. The lowest BCUT2D eigenvalue weighted by Crippen LogP contribution is -2.16. The molecule has 1 rings (SSSR count). The molecule has 1 heterocycles. The average molecular weight is 224 g/mol. The highest BCUT2D eigenvalue weighted by atomic mass is 16.5. The predicted molar refractivity (Wildman–Crippen MR) is 59.5 cm³/mol. The van der Waals surface area contributed by atoms with Crippen LogP contribution in [-0.4, -0.2) is 27.6 Å². The molecule has 0 amide bonds. The molecule has 3 N–H and O–H groups in total. The molecule has 6 heteroatoms. The minimum absolute atomic E-state index is 0.0592. The number of hydrogen-bond donors (Lipinski definition) is 2. The molecule has 0 bridgehead atoms. The second-order valence-corrected chi connectivity index (χ2v) is 3.74. The summed E-state index contributed by atoms with van der Waals surface area (Å²) >= 11 is 0. The second-order valence-electron chi connectivity index (χ2n) is 3.74. The van der Waals surface area contributed by atoms with Gasteiger partial charge in [-0.05, 0) is 18.4 Å². The Morgan fingerprint density at radius 3 is 3.00 bits per heavy atom. The lowest BCUT2D eigenvalue weighted by molar-refractivity contribution is 0.268. The molecule has 1 aromatic heterocycles. The Morgan fingerprint density at radius 1 is 1.62 bits per heavy atom. The quantitative estimate of drug-likeness (QED) is 0.337. The summed E-state index contributed by atoms with van der Waals surface area (Å²) in [6.07, 6.45) is 2.43. The number of rotatable bonds is 5. The van der Waals surface area contributed by atoms with Crippen LogP contribution in [-0.2, 0) is 0 Å². The molecule has 0 saturated heterocycles. The zero-order chi connectivity index (χ0) is 12.0. The lowest BCUT2D eigenvalue weighted by Gasteiger charge is -2.06. The highest BCUT2D eigenvalue weighted by Crippen LogP contribution is 2.05. The van der Waals surface area contributed by atoms with Crippen molar-refractivity contribution < 1.29 is 9.94 Å². The van der Waals surface area contributed by atoms with Crippen molar-refractivity contribution in [1.29, 1.82) is 0 Å². The van der Waals surface area contributed by atoms with E-state index >= 15 is 0 Å². The highest BCUT2D eigenvalue weighted by molar-refractivity contribution is 5.95. The van der Waals surface area contributed by atoms with Crippen LogP contribution in [0.2, 0.25) is 0 Å². The fourth-order valence-electron chi connectivity index (χ4n) is 0.990. The van der Waals surface area contributed by atoms with E-state index in [4.69, 9.17) is 15.7 Å². The van der Waals surface area contributed by atoms with Gasteiger partial charge in [0.15, 0.2) is 5.84 Å². The molecule has 0 aliphatic carbocycles. The molecule has 1 aromatic rings. The van der Waals surface area contributed by atoms with E-state index in [2.05, 4.69) is 29.0 Å². The molecule has 0 atom stereocenters. The van der Waals surface area contributed by atoms with Crippen molar-refractivity contribution in [2.45, 2.75) is 20.3 Å². The third-order valence-corrected chi connectivity index (χ3v) is 1.93. The number of oxime groups is 1. The third-order valence-electron chi connectivity index (χ3n) is 1.93. The van der Waals surface area contributed by atoms with Gasteiger partial charge in [-0.3, -0.25) is 0 Å². The van der Waals surface area contributed by atoms with Gasteiger partial charge in [-0.25, -0.2) is 4.98 Å². The van der Waals surface area contributed by atoms with Gasteiger partial charge >= 0.3 is 6.01 Å². The van der Waals surface area contributed by atoms with Crippen molar-refractivity contribution in [3.63, 3.8) is 0 Å². The number of hydrogen-bond acceptors (Lipinski definition) is 5. The predicted octanol–water partition coefficient (Wildman–Crippen LogP) is 0.996. The van der Waals surface area contributed by atoms with Gasteiger partial charge in [-0.1, -0.05) is 19.0 Å². The standard InChI is InChI=1S/C10H16N4O2/c1-7(2)4-6-16-10-12-5-3-8(13-10)9(11)14-15/h3,5,7,15H,4,6H2,1-2H3,(H2,11,14). The zero-order valence-electron chi connectivity index (χ0n) is 9.42. The molecule has 16 heavy (non-hydrogen) atoms. The Labute approximate surface area is 94.2 Å². The molecular formula is C10H16N4O2. The van der Waals surface area contributed by atoms with Crippen LogP contribution < -0.4 is 10.5 Å². The largest absolute Gasteiger partial charge is 0.463 e. The Kier molecular flexibility index (Phi) is 4.50. The number of nitrogens with zero attached hydrogens (tertiary/aromatic N) is 3. The molecule has 0 radical (unpaired) electrons. The van der Waals surface area contributed by atoms with Gasteiger partial charge < -0.3 is 15.7 Å². The maximum atomic E-state index is 8.49. The zero-order valence-corrected chi connectivity index (χ0v) is 9.42. The molecule has 0 spiro atoms. The average Bonchev–Trinajstić information content (AvgIpc) is 2.28. The van der Waals surface area contributed by atoms with Crippen LogP contribution in [0.1, 0.15) is 26.0 Å². The number of aromatic nitrogens is 2. The summed E-state index contributed by atoms with van der Waals surface area (Å²) in [7, 11) is 0. The number of ether oxygens (including phenoxy) is 1. The molecule has 0 unspecified atom stereocenters. The topological polar surface area (TPSA) is 93.6 Å². The van der Waals surface area contributed by atoms with Crippen molar-refractivity contribution in [3.05, 3.63) is 18.0 Å². The molecule has 0 aliphatic heterocycles. The minimum atomic E-state index is -0.0592. The highest BCUT2D eigenvalue weighted by Gasteiger charge is 2.04. The maximum absolute atomic E-state index is 8.49. The first-order chi connectivity index (χ1) is 7.63. The summed E-state index contributed by atoms with van der Waals surface area (Å²) in [4.78, 5) is 7.92. The van der Waals surface area contributed by atoms with E-state index in [9.17, 15) is 0 Å². The fourth-order valence-corrected chi connectivity index (χ4v) is 0.990. The van der Waals surface area contributed by atoms with Gasteiger partial charge in [0.2, 0.25) is 0 Å². The maximum Gasteiger partial charge on any atom is 0.317 e. The first-order valence-electron chi connectivity index (χ1n) is 5.07. The summed E-state index contributed by atoms with van der Waals surface area (Å²) in [6, 6.07) is 1.79. The van der Waals surface area contributed by atoms with E-state index in [-0.39, 0.29) is 11.8 Å². The van der Waals surface area contributed by atoms with E-state index in [1.54, 1.807) is 6.07 Å². The van der Waals surface area contributed by atoms with Crippen LogP contribution >= 0.6 is 0 Å². The van der Waals surface area contributed by atoms with Crippen molar-refractivity contribution >= 4 is 5.84 Å². The normalized spacial score (nSPS) is 11.8. The van der Waals surface area contributed by atoms with Gasteiger partial charge in [-0.2, -0.15) is 4.98 Å². The van der Waals surface area contributed by atoms with Crippen LogP contribution in [0.3, 0.4) is 0 Å². The van der Waals surface area contributed by atoms with Gasteiger partial charge in [0, 0.05) is 6.20 Å². The monoisotopic (exact) mass is 224 g/mol. The summed E-state index contributed by atoms with van der Waals surface area (Å²) in [5.41, 5.74) is 5.74. The van der Waals surface area contributed by atoms with Gasteiger partial charge in [0.05, 0.1) is 6.61 Å². The number of amidine groups is 1.